The molecule has 0 fully saturated rings. The van der Waals surface area contributed by atoms with E-state index in [4.69, 9.17) is 28.9 Å². The highest BCUT2D eigenvalue weighted by molar-refractivity contribution is 7.67. The van der Waals surface area contributed by atoms with Crippen molar-refractivity contribution in [1.29, 1.82) is 0 Å². The summed E-state index contributed by atoms with van der Waals surface area (Å²) in [6.07, 6.45) is 1.31. The Morgan fingerprint density at radius 2 is 1.93 bits per heavy atom. The maximum atomic E-state index is 11.0. The van der Waals surface area contributed by atoms with Crippen molar-refractivity contribution >= 4 is 49.8 Å². The summed E-state index contributed by atoms with van der Waals surface area (Å²) in [4.78, 5) is 22.2. The minimum atomic E-state index is -0.825. The average molecular weight is 266 g/mol. The standard InChI is InChI=1S/C8H5Cl2NO3S/c9-7(12)4-1-3(15-14)2-5(6(4)11)8(10)13/h1H,2,11H2. The van der Waals surface area contributed by atoms with Gasteiger partial charge in [-0.25, -0.2) is 4.21 Å². The fourth-order valence-electron chi connectivity index (χ4n) is 1.11. The molecule has 0 saturated carbocycles. The number of carbonyl (C=O) groups excluding carboxylic acids is 2. The Kier molecular flexibility index (Phi) is 3.84. The lowest BCUT2D eigenvalue weighted by Gasteiger charge is -2.13. The number of halogens is 2. The lowest BCUT2D eigenvalue weighted by molar-refractivity contribution is -0.108. The summed E-state index contributed by atoms with van der Waals surface area (Å²) in [7, 11) is 0. The third kappa shape index (κ3) is 2.56. The first-order valence-corrected chi connectivity index (χ1v) is 5.23. The van der Waals surface area contributed by atoms with Crippen LogP contribution in [0.2, 0.25) is 0 Å². The molecular weight excluding hydrogens is 261 g/mol. The van der Waals surface area contributed by atoms with Gasteiger partial charge < -0.3 is 5.73 Å². The van der Waals surface area contributed by atoms with E-state index in [0.717, 1.165) is 0 Å². The SMILES string of the molecule is NC1=C(C(=O)Cl)CC(=S=O)C=C1C(=O)Cl. The Morgan fingerprint density at radius 1 is 1.33 bits per heavy atom. The largest absolute Gasteiger partial charge is 0.398 e. The molecule has 0 spiro atoms. The van der Waals surface area contributed by atoms with Crippen LogP contribution >= 0.6 is 23.2 Å². The highest BCUT2D eigenvalue weighted by Crippen LogP contribution is 2.23. The molecule has 0 atom stereocenters. The Hall–Kier alpha value is -0.910. The van der Waals surface area contributed by atoms with Gasteiger partial charge in [0.2, 0.25) is 0 Å². The van der Waals surface area contributed by atoms with Crippen LogP contribution in [0.15, 0.2) is 22.9 Å². The first-order valence-electron chi connectivity index (χ1n) is 3.73. The minimum absolute atomic E-state index is 0.0292. The number of carbonyl (C=O) groups is 2. The van der Waals surface area contributed by atoms with Gasteiger partial charge in [-0.2, -0.15) is 0 Å². The number of hydrogen-bond donors (Lipinski definition) is 1. The summed E-state index contributed by atoms with van der Waals surface area (Å²) in [5.74, 6) is 0. The van der Waals surface area contributed by atoms with E-state index < -0.39 is 10.5 Å². The monoisotopic (exact) mass is 265 g/mol. The van der Waals surface area contributed by atoms with E-state index >= 15 is 0 Å². The first-order chi connectivity index (χ1) is 6.97. The molecule has 0 radical (unpaired) electrons. The van der Waals surface area contributed by atoms with Gasteiger partial charge in [-0.15, -0.1) is 0 Å². The summed E-state index contributed by atoms with van der Waals surface area (Å²) in [6.45, 7) is 0. The number of allylic oxidation sites excluding steroid dienone is 3. The van der Waals surface area contributed by atoms with Crippen LogP contribution in [-0.4, -0.2) is 19.6 Å². The summed E-state index contributed by atoms with van der Waals surface area (Å²) in [5.41, 5.74) is 5.42. The Labute approximate surface area is 98.8 Å². The molecular formula is C8H5Cl2NO3S. The van der Waals surface area contributed by atoms with Crippen molar-refractivity contribution in [3.8, 4) is 0 Å². The van der Waals surface area contributed by atoms with E-state index in [9.17, 15) is 13.8 Å². The molecule has 15 heavy (non-hydrogen) atoms. The summed E-state index contributed by atoms with van der Waals surface area (Å²) in [6, 6.07) is 0. The molecule has 2 N–H and O–H groups in total. The molecule has 0 amide bonds. The zero-order valence-electron chi connectivity index (χ0n) is 7.25. The summed E-state index contributed by atoms with van der Waals surface area (Å²) >= 11 is 10.7. The Morgan fingerprint density at radius 3 is 2.33 bits per heavy atom. The predicted octanol–water partition coefficient (Wildman–Crippen LogP) is 0.446. The maximum Gasteiger partial charge on any atom is 0.254 e. The zero-order valence-corrected chi connectivity index (χ0v) is 9.58. The fraction of sp³-hybridized carbons (Fsp3) is 0.125. The molecule has 0 aromatic rings. The van der Waals surface area contributed by atoms with E-state index in [1.165, 1.54) is 6.08 Å². The van der Waals surface area contributed by atoms with Crippen LogP contribution in [0.1, 0.15) is 6.42 Å². The number of nitrogens with two attached hydrogens (primary N) is 1. The molecule has 4 nitrogen and oxygen atoms in total. The molecule has 80 valence electrons. The van der Waals surface area contributed by atoms with Crippen molar-refractivity contribution in [3.05, 3.63) is 22.9 Å². The molecule has 1 aliphatic carbocycles. The number of rotatable bonds is 2. The van der Waals surface area contributed by atoms with Crippen LogP contribution in [0.5, 0.6) is 0 Å². The van der Waals surface area contributed by atoms with Crippen LogP contribution in [-0.2, 0) is 20.8 Å². The van der Waals surface area contributed by atoms with Crippen LogP contribution < -0.4 is 5.73 Å². The van der Waals surface area contributed by atoms with Crippen molar-refractivity contribution in [2.45, 2.75) is 6.42 Å². The second-order valence-electron chi connectivity index (χ2n) is 2.72. The van der Waals surface area contributed by atoms with Crippen LogP contribution in [0.3, 0.4) is 0 Å². The molecule has 1 aliphatic rings. The molecule has 1 rings (SSSR count). The Bertz CT molecular complexity index is 461. The maximum absolute atomic E-state index is 11.0. The van der Waals surface area contributed by atoms with Gasteiger partial charge in [-0.05, 0) is 29.3 Å². The van der Waals surface area contributed by atoms with E-state index in [1.54, 1.807) is 0 Å². The molecule has 0 aromatic heterocycles. The van der Waals surface area contributed by atoms with Crippen LogP contribution in [0.4, 0.5) is 0 Å². The lowest BCUT2D eigenvalue weighted by atomic mass is 9.97. The Balaban J connectivity index is 3.36. The lowest BCUT2D eigenvalue weighted by Crippen LogP contribution is -2.20. The highest BCUT2D eigenvalue weighted by Gasteiger charge is 2.24. The third-order valence-corrected chi connectivity index (χ3v) is 2.74. The second-order valence-corrected chi connectivity index (χ2v) is 4.10. The fourth-order valence-corrected chi connectivity index (χ4v) is 1.81. The van der Waals surface area contributed by atoms with Gasteiger partial charge in [-0.1, -0.05) is 0 Å². The van der Waals surface area contributed by atoms with E-state index in [-0.39, 0.29) is 39.4 Å². The van der Waals surface area contributed by atoms with Crippen molar-refractivity contribution in [1.82, 2.24) is 0 Å². The topological polar surface area (TPSA) is 77.2 Å². The third-order valence-electron chi connectivity index (χ3n) is 1.83. The zero-order chi connectivity index (χ0) is 11.6. The molecule has 0 unspecified atom stereocenters. The smallest absolute Gasteiger partial charge is 0.254 e. The van der Waals surface area contributed by atoms with Crippen LogP contribution in [0, 0.1) is 0 Å². The highest BCUT2D eigenvalue weighted by atomic mass is 35.5. The molecule has 0 saturated heterocycles. The quantitative estimate of drug-likeness (QED) is 0.581. The minimum Gasteiger partial charge on any atom is -0.398 e. The second kappa shape index (κ2) is 4.74. The van der Waals surface area contributed by atoms with Crippen molar-refractivity contribution < 1.29 is 13.8 Å². The normalized spacial score (nSPS) is 16.1. The van der Waals surface area contributed by atoms with Gasteiger partial charge in [0.05, 0.1) is 27.4 Å². The van der Waals surface area contributed by atoms with Crippen molar-refractivity contribution in [2.24, 2.45) is 5.73 Å². The predicted molar refractivity (Wildman–Crippen MR) is 58.8 cm³/mol. The average Bonchev–Trinajstić information content (AvgIpc) is 2.17. The first kappa shape index (κ1) is 12.2. The summed E-state index contributed by atoms with van der Waals surface area (Å²) < 4.78 is 10.6. The van der Waals surface area contributed by atoms with Gasteiger partial charge in [0, 0.05) is 12.0 Å². The van der Waals surface area contributed by atoms with Crippen LogP contribution in [0.25, 0.3) is 0 Å². The van der Waals surface area contributed by atoms with Crippen molar-refractivity contribution in [2.75, 3.05) is 0 Å². The molecule has 7 heteroatoms. The van der Waals surface area contributed by atoms with E-state index in [2.05, 4.69) is 0 Å². The molecule has 0 aromatic carbocycles. The molecule has 0 bridgehead atoms. The van der Waals surface area contributed by atoms with Gasteiger partial charge in [0.1, 0.15) is 0 Å². The summed E-state index contributed by atoms with van der Waals surface area (Å²) in [5, 5.41) is -1.61. The molecule has 0 aliphatic heterocycles. The van der Waals surface area contributed by atoms with Gasteiger partial charge in [0.15, 0.2) is 0 Å². The van der Waals surface area contributed by atoms with Gasteiger partial charge in [0.25, 0.3) is 10.5 Å². The van der Waals surface area contributed by atoms with Gasteiger partial charge in [-0.3, -0.25) is 9.59 Å². The van der Waals surface area contributed by atoms with Gasteiger partial charge >= 0.3 is 0 Å². The molecule has 0 heterocycles. The van der Waals surface area contributed by atoms with E-state index in [0.29, 0.717) is 0 Å². The van der Waals surface area contributed by atoms with E-state index in [1.807, 2.05) is 0 Å². The number of hydrogen-bond acceptors (Lipinski definition) is 4. The van der Waals surface area contributed by atoms with Crippen molar-refractivity contribution in [3.63, 3.8) is 0 Å².